The zero-order chi connectivity index (χ0) is 22.8. The van der Waals surface area contributed by atoms with Crippen molar-refractivity contribution in [2.45, 2.75) is 51.6 Å². The lowest BCUT2D eigenvalue weighted by Crippen LogP contribution is -2.37. The summed E-state index contributed by atoms with van der Waals surface area (Å²) in [6, 6.07) is 13.2. The van der Waals surface area contributed by atoms with Crippen molar-refractivity contribution in [1.82, 2.24) is 20.1 Å². The molecule has 1 heterocycles. The van der Waals surface area contributed by atoms with Crippen LogP contribution in [0.15, 0.2) is 47.6 Å². The van der Waals surface area contributed by atoms with Gasteiger partial charge < -0.3 is 5.32 Å². The molecular formula is C23H26Cl2N4OS. The largest absolute Gasteiger partial charge is 0.346 e. The average molecular weight is 477 g/mol. The van der Waals surface area contributed by atoms with Gasteiger partial charge in [-0.1, -0.05) is 80.0 Å². The fraction of sp³-hybridized carbons (Fsp3) is 0.348. The predicted octanol–water partition coefficient (Wildman–Crippen LogP) is 6.40. The summed E-state index contributed by atoms with van der Waals surface area (Å²) in [6.45, 7) is 9.61. The molecule has 0 spiro atoms. The summed E-state index contributed by atoms with van der Waals surface area (Å²) < 4.78 is 1.90. The van der Waals surface area contributed by atoms with Gasteiger partial charge in [-0.3, -0.25) is 9.36 Å². The molecule has 31 heavy (non-hydrogen) atoms. The number of carbonyl (C=O) groups excluding carboxylic acids is 1. The smallest absolute Gasteiger partial charge is 0.225 e. The molecule has 0 aliphatic carbocycles. The summed E-state index contributed by atoms with van der Waals surface area (Å²) in [5, 5.41) is 13.6. The third kappa shape index (κ3) is 5.62. The summed E-state index contributed by atoms with van der Waals surface area (Å²) in [6.07, 6.45) is 0. The molecule has 164 valence electrons. The lowest BCUT2D eigenvalue weighted by atomic mass is 9.95. The number of nitrogens with zero attached hydrogens (tertiary/aromatic N) is 3. The van der Waals surface area contributed by atoms with E-state index in [9.17, 15) is 4.79 Å². The van der Waals surface area contributed by atoms with E-state index in [0.717, 1.165) is 11.4 Å². The summed E-state index contributed by atoms with van der Waals surface area (Å²) >= 11 is 14.2. The third-order valence-corrected chi connectivity index (χ3v) is 6.36. The van der Waals surface area contributed by atoms with Gasteiger partial charge in [0, 0.05) is 16.2 Å². The Hall–Kier alpha value is -2.02. The number of aromatic nitrogens is 3. The molecule has 0 fully saturated rings. The van der Waals surface area contributed by atoms with Crippen molar-refractivity contribution in [3.8, 4) is 5.69 Å². The number of aryl methyl sites for hydroxylation is 1. The van der Waals surface area contributed by atoms with Crippen LogP contribution in [0.25, 0.3) is 5.69 Å². The van der Waals surface area contributed by atoms with Crippen LogP contribution < -0.4 is 5.32 Å². The van der Waals surface area contributed by atoms with Crippen molar-refractivity contribution in [2.24, 2.45) is 5.41 Å². The molecule has 1 N–H and O–H groups in total. The van der Waals surface area contributed by atoms with Crippen LogP contribution >= 0.6 is 35.0 Å². The van der Waals surface area contributed by atoms with E-state index in [0.29, 0.717) is 21.0 Å². The van der Waals surface area contributed by atoms with Gasteiger partial charge in [-0.05, 0) is 43.2 Å². The van der Waals surface area contributed by atoms with Crippen molar-refractivity contribution in [1.29, 1.82) is 0 Å². The van der Waals surface area contributed by atoms with Crippen LogP contribution in [0.3, 0.4) is 0 Å². The van der Waals surface area contributed by atoms with Crippen LogP contribution in [-0.2, 0) is 10.5 Å². The maximum Gasteiger partial charge on any atom is 0.225 e. The Balaban J connectivity index is 1.99. The van der Waals surface area contributed by atoms with Gasteiger partial charge in [0.2, 0.25) is 5.91 Å². The molecule has 0 radical (unpaired) electrons. The van der Waals surface area contributed by atoms with E-state index >= 15 is 0 Å². The normalized spacial score (nSPS) is 12.6. The number of halogens is 2. The monoisotopic (exact) mass is 476 g/mol. The summed E-state index contributed by atoms with van der Waals surface area (Å²) in [5.74, 6) is 1.28. The predicted molar refractivity (Wildman–Crippen MR) is 128 cm³/mol. The van der Waals surface area contributed by atoms with Crippen LogP contribution in [0.2, 0.25) is 10.0 Å². The number of nitrogens with one attached hydrogen (secondary N) is 1. The van der Waals surface area contributed by atoms with E-state index in [-0.39, 0.29) is 11.9 Å². The third-order valence-electron chi connectivity index (χ3n) is 4.84. The van der Waals surface area contributed by atoms with Gasteiger partial charge in [0.05, 0.1) is 16.8 Å². The lowest BCUT2D eigenvalue weighted by Gasteiger charge is -2.22. The number of carbonyl (C=O) groups is 1. The highest BCUT2D eigenvalue weighted by atomic mass is 35.5. The number of rotatable bonds is 6. The van der Waals surface area contributed by atoms with Gasteiger partial charge in [0.15, 0.2) is 11.0 Å². The Bertz CT molecular complexity index is 1090. The van der Waals surface area contributed by atoms with E-state index in [1.165, 1.54) is 11.1 Å². The van der Waals surface area contributed by atoms with Crippen molar-refractivity contribution in [3.63, 3.8) is 0 Å². The second kappa shape index (κ2) is 9.63. The van der Waals surface area contributed by atoms with Crippen molar-refractivity contribution >= 4 is 40.9 Å². The van der Waals surface area contributed by atoms with E-state index in [1.54, 1.807) is 23.9 Å². The highest BCUT2D eigenvalue weighted by Crippen LogP contribution is 2.33. The second-order valence-corrected chi connectivity index (χ2v) is 10.2. The molecule has 0 aliphatic rings. The number of benzene rings is 2. The van der Waals surface area contributed by atoms with Gasteiger partial charge >= 0.3 is 0 Å². The molecule has 1 atom stereocenters. The van der Waals surface area contributed by atoms with Crippen LogP contribution in [0.5, 0.6) is 0 Å². The SMILES string of the molecule is Cc1ccccc1CSc1nnc(C(C)NC(=O)C(C)(C)C)n1-c1ccc(Cl)cc1Cl. The zero-order valence-corrected chi connectivity index (χ0v) is 20.6. The Morgan fingerprint density at radius 1 is 1.16 bits per heavy atom. The molecule has 1 unspecified atom stereocenters. The molecule has 8 heteroatoms. The maximum atomic E-state index is 12.5. The second-order valence-electron chi connectivity index (χ2n) is 8.43. The highest BCUT2D eigenvalue weighted by molar-refractivity contribution is 7.98. The maximum absolute atomic E-state index is 12.5. The fourth-order valence-corrected chi connectivity index (χ4v) is 4.46. The van der Waals surface area contributed by atoms with Gasteiger partial charge in [-0.15, -0.1) is 10.2 Å². The van der Waals surface area contributed by atoms with Gasteiger partial charge in [0.25, 0.3) is 0 Å². The Morgan fingerprint density at radius 3 is 2.52 bits per heavy atom. The molecule has 3 rings (SSSR count). The number of thioether (sulfide) groups is 1. The van der Waals surface area contributed by atoms with Gasteiger partial charge in [-0.25, -0.2) is 0 Å². The molecule has 1 amide bonds. The first-order valence-electron chi connectivity index (χ1n) is 9.97. The Labute approximate surface area is 197 Å². The van der Waals surface area contributed by atoms with Gasteiger partial charge in [0.1, 0.15) is 0 Å². The average Bonchev–Trinajstić information content (AvgIpc) is 3.10. The topological polar surface area (TPSA) is 59.8 Å². The highest BCUT2D eigenvalue weighted by Gasteiger charge is 2.27. The van der Waals surface area contributed by atoms with E-state index in [1.807, 2.05) is 50.5 Å². The zero-order valence-electron chi connectivity index (χ0n) is 18.2. The minimum Gasteiger partial charge on any atom is -0.346 e. The molecule has 3 aromatic rings. The summed E-state index contributed by atoms with van der Waals surface area (Å²) in [4.78, 5) is 12.5. The van der Waals surface area contributed by atoms with Crippen LogP contribution in [0, 0.1) is 12.3 Å². The molecule has 0 saturated carbocycles. The standard InChI is InChI=1S/C23H26Cl2N4OS/c1-14-8-6-7-9-16(14)13-31-22-28-27-20(15(2)26-21(30)23(3,4)5)29(22)19-11-10-17(24)12-18(19)25/h6-12,15H,13H2,1-5H3,(H,26,30). The lowest BCUT2D eigenvalue weighted by molar-refractivity contribution is -0.129. The first kappa shape index (κ1) is 23.6. The molecular weight excluding hydrogens is 451 g/mol. The number of hydrogen-bond donors (Lipinski definition) is 1. The molecule has 0 saturated heterocycles. The van der Waals surface area contributed by atoms with E-state index < -0.39 is 5.41 Å². The van der Waals surface area contributed by atoms with E-state index in [4.69, 9.17) is 23.2 Å². The number of amides is 1. The minimum atomic E-state index is -0.514. The van der Waals surface area contributed by atoms with Crippen molar-refractivity contribution in [3.05, 3.63) is 69.5 Å². The minimum absolute atomic E-state index is 0.0640. The first-order chi connectivity index (χ1) is 14.6. The van der Waals surface area contributed by atoms with Crippen molar-refractivity contribution in [2.75, 3.05) is 0 Å². The Morgan fingerprint density at radius 2 is 1.87 bits per heavy atom. The van der Waals surface area contributed by atoms with E-state index in [2.05, 4.69) is 34.6 Å². The van der Waals surface area contributed by atoms with Crippen LogP contribution in [0.4, 0.5) is 0 Å². The molecule has 0 bridgehead atoms. The molecule has 2 aromatic carbocycles. The summed E-state index contributed by atoms with van der Waals surface area (Å²) in [7, 11) is 0. The van der Waals surface area contributed by atoms with Crippen molar-refractivity contribution < 1.29 is 4.79 Å². The summed E-state index contributed by atoms with van der Waals surface area (Å²) in [5.41, 5.74) is 2.64. The van der Waals surface area contributed by atoms with Crippen LogP contribution in [0.1, 0.15) is 50.7 Å². The molecule has 1 aromatic heterocycles. The van der Waals surface area contributed by atoms with Crippen LogP contribution in [-0.4, -0.2) is 20.7 Å². The number of hydrogen-bond acceptors (Lipinski definition) is 4. The fourth-order valence-electron chi connectivity index (χ4n) is 2.94. The van der Waals surface area contributed by atoms with Gasteiger partial charge in [-0.2, -0.15) is 0 Å². The molecule has 0 aliphatic heterocycles. The first-order valence-corrected chi connectivity index (χ1v) is 11.7. The Kier molecular flexibility index (Phi) is 7.35. The molecule has 5 nitrogen and oxygen atoms in total. The quantitative estimate of drug-likeness (QED) is 0.418.